The van der Waals surface area contributed by atoms with Gasteiger partial charge < -0.3 is 15.0 Å². The second kappa shape index (κ2) is 8.57. The number of hydrogen-bond donors (Lipinski definition) is 2. The highest BCUT2D eigenvalue weighted by Gasteiger charge is 2.48. The molecule has 0 unspecified atom stereocenters. The summed E-state index contributed by atoms with van der Waals surface area (Å²) in [4.78, 5) is 37.3. The van der Waals surface area contributed by atoms with Crippen LogP contribution in [-0.4, -0.2) is 43.6 Å². The van der Waals surface area contributed by atoms with Crippen molar-refractivity contribution in [3.05, 3.63) is 29.3 Å². The van der Waals surface area contributed by atoms with E-state index in [9.17, 15) is 23.2 Å². The summed E-state index contributed by atoms with van der Waals surface area (Å²) in [5.41, 5.74) is 0.606. The van der Waals surface area contributed by atoms with Gasteiger partial charge in [-0.25, -0.2) is 13.6 Å². The van der Waals surface area contributed by atoms with Crippen LogP contribution in [0.1, 0.15) is 62.8 Å². The molecule has 2 N–H and O–H groups in total. The molecule has 1 aromatic rings. The van der Waals surface area contributed by atoms with Crippen molar-refractivity contribution in [1.29, 1.82) is 0 Å². The Morgan fingerprint density at radius 2 is 1.91 bits per heavy atom. The zero-order chi connectivity index (χ0) is 23.2. The van der Waals surface area contributed by atoms with E-state index in [0.29, 0.717) is 43.1 Å². The SMILES string of the molecule is O=C1CC[C@@H](c2c(F)cc(N3CC[C@H](NC(=O)OCC4CC5(CCC5)C4)C3)cc2F)C(=O)N1. The standard InChI is InChI=1S/C24H29F2N3O4/c25-18-8-16(9-19(26)21(18)17-2-3-20(30)28-22(17)31)29-7-4-15(12-29)27-23(32)33-13-14-10-24(11-14)5-1-6-24/h8-9,14-15,17H,1-7,10-13H2,(H,27,32)(H,28,30,31)/t15-,17-/m0/s1. The van der Waals surface area contributed by atoms with Gasteiger partial charge in [-0.05, 0) is 62.0 Å². The number of halogens is 2. The van der Waals surface area contributed by atoms with Crippen LogP contribution in [-0.2, 0) is 14.3 Å². The lowest BCUT2D eigenvalue weighted by Crippen LogP contribution is -2.45. The first-order valence-electron chi connectivity index (χ1n) is 11.8. The lowest BCUT2D eigenvalue weighted by atomic mass is 9.52. The number of hydrogen-bond acceptors (Lipinski definition) is 5. The number of carbonyl (C=O) groups excluding carboxylic acids is 3. The van der Waals surface area contributed by atoms with E-state index in [1.165, 1.54) is 31.4 Å². The van der Waals surface area contributed by atoms with Gasteiger partial charge in [-0.2, -0.15) is 0 Å². The van der Waals surface area contributed by atoms with Gasteiger partial charge in [0.05, 0.1) is 18.6 Å². The van der Waals surface area contributed by atoms with Gasteiger partial charge in [-0.15, -0.1) is 0 Å². The normalized spacial score (nSPS) is 26.5. The number of piperidine rings is 1. The Morgan fingerprint density at radius 1 is 1.18 bits per heavy atom. The van der Waals surface area contributed by atoms with E-state index in [-0.39, 0.29) is 24.4 Å². The number of benzene rings is 1. The van der Waals surface area contributed by atoms with Crippen molar-refractivity contribution in [3.63, 3.8) is 0 Å². The zero-order valence-corrected chi connectivity index (χ0v) is 18.5. The van der Waals surface area contributed by atoms with E-state index in [1.807, 2.05) is 0 Å². The number of ether oxygens (including phenoxy) is 1. The van der Waals surface area contributed by atoms with Crippen molar-refractivity contribution < 1.29 is 27.9 Å². The van der Waals surface area contributed by atoms with Gasteiger partial charge in [0.25, 0.3) is 0 Å². The molecule has 2 heterocycles. The quantitative estimate of drug-likeness (QED) is 0.657. The fourth-order valence-corrected chi connectivity index (χ4v) is 5.94. The fraction of sp³-hybridized carbons (Fsp3) is 0.625. The molecule has 178 valence electrons. The third kappa shape index (κ3) is 4.42. The molecule has 1 aromatic carbocycles. The Balaban J connectivity index is 1.13. The number of imide groups is 1. The molecule has 0 bridgehead atoms. The highest BCUT2D eigenvalue weighted by Crippen LogP contribution is 2.58. The number of alkyl carbamates (subject to hydrolysis) is 1. The van der Waals surface area contributed by atoms with Crippen LogP contribution in [0.4, 0.5) is 19.3 Å². The van der Waals surface area contributed by atoms with Crippen LogP contribution in [0.25, 0.3) is 0 Å². The monoisotopic (exact) mass is 461 g/mol. The molecule has 7 nitrogen and oxygen atoms in total. The van der Waals surface area contributed by atoms with Gasteiger partial charge in [0.2, 0.25) is 11.8 Å². The third-order valence-corrected chi connectivity index (χ3v) is 7.83. The van der Waals surface area contributed by atoms with Crippen molar-refractivity contribution in [2.45, 2.75) is 63.3 Å². The van der Waals surface area contributed by atoms with Crippen LogP contribution in [0.15, 0.2) is 12.1 Å². The summed E-state index contributed by atoms with van der Waals surface area (Å²) in [6.45, 7) is 1.40. The maximum absolute atomic E-state index is 14.8. The summed E-state index contributed by atoms with van der Waals surface area (Å²) in [6, 6.07) is 2.27. The minimum atomic E-state index is -1.02. The van der Waals surface area contributed by atoms with Crippen LogP contribution in [0.2, 0.25) is 0 Å². The Bertz CT molecular complexity index is 949. The molecule has 0 aromatic heterocycles. The summed E-state index contributed by atoms with van der Waals surface area (Å²) in [5, 5.41) is 4.99. The molecular weight excluding hydrogens is 432 g/mol. The van der Waals surface area contributed by atoms with E-state index in [4.69, 9.17) is 4.74 Å². The van der Waals surface area contributed by atoms with E-state index in [0.717, 1.165) is 12.8 Å². The average Bonchev–Trinajstić information content (AvgIpc) is 3.15. The molecule has 2 aliphatic heterocycles. The zero-order valence-electron chi connectivity index (χ0n) is 18.5. The van der Waals surface area contributed by atoms with Crippen LogP contribution >= 0.6 is 0 Å². The number of anilines is 1. The van der Waals surface area contributed by atoms with E-state index in [2.05, 4.69) is 10.6 Å². The van der Waals surface area contributed by atoms with Gasteiger partial charge in [-0.1, -0.05) is 6.42 Å². The fourth-order valence-electron chi connectivity index (χ4n) is 5.94. The third-order valence-electron chi connectivity index (χ3n) is 7.83. The maximum atomic E-state index is 14.8. The molecule has 0 radical (unpaired) electrons. The molecule has 2 saturated carbocycles. The number of amides is 3. The van der Waals surface area contributed by atoms with Crippen LogP contribution in [0.5, 0.6) is 0 Å². The number of carbonyl (C=O) groups is 3. The van der Waals surface area contributed by atoms with Crippen LogP contribution in [0, 0.1) is 23.0 Å². The molecule has 2 aliphatic carbocycles. The molecule has 9 heteroatoms. The minimum absolute atomic E-state index is 0.0498. The second-order valence-corrected chi connectivity index (χ2v) is 10.1. The topological polar surface area (TPSA) is 87.7 Å². The summed E-state index contributed by atoms with van der Waals surface area (Å²) in [6.07, 6.45) is 6.58. The average molecular weight is 462 g/mol. The number of rotatable bonds is 5. The highest BCUT2D eigenvalue weighted by molar-refractivity contribution is 6.01. The van der Waals surface area contributed by atoms with Crippen molar-refractivity contribution >= 4 is 23.6 Å². The smallest absolute Gasteiger partial charge is 0.407 e. The Hall–Kier alpha value is -2.71. The lowest BCUT2D eigenvalue weighted by Gasteiger charge is -2.54. The minimum Gasteiger partial charge on any atom is -0.449 e. The van der Waals surface area contributed by atoms with Gasteiger partial charge >= 0.3 is 6.09 Å². The van der Waals surface area contributed by atoms with Crippen molar-refractivity contribution in [3.8, 4) is 0 Å². The first kappa shape index (κ1) is 22.1. The molecule has 2 atom stereocenters. The predicted octanol–water partition coefficient (Wildman–Crippen LogP) is 3.37. The molecule has 3 amide bonds. The maximum Gasteiger partial charge on any atom is 0.407 e. The van der Waals surface area contributed by atoms with Crippen LogP contribution in [0.3, 0.4) is 0 Å². The van der Waals surface area contributed by atoms with E-state index in [1.54, 1.807) is 4.90 Å². The van der Waals surface area contributed by atoms with E-state index >= 15 is 0 Å². The molecule has 5 rings (SSSR count). The molecule has 4 fully saturated rings. The van der Waals surface area contributed by atoms with Gasteiger partial charge in [0.1, 0.15) is 11.6 Å². The van der Waals surface area contributed by atoms with E-state index < -0.39 is 35.5 Å². The molecule has 4 aliphatic rings. The first-order chi connectivity index (χ1) is 15.8. The molecule has 2 saturated heterocycles. The second-order valence-electron chi connectivity index (χ2n) is 10.1. The van der Waals surface area contributed by atoms with Crippen molar-refractivity contribution in [2.75, 3.05) is 24.6 Å². The number of nitrogens with one attached hydrogen (secondary N) is 2. The van der Waals surface area contributed by atoms with Gasteiger partial charge in [-0.3, -0.25) is 14.9 Å². The summed E-state index contributed by atoms with van der Waals surface area (Å²) >= 11 is 0. The molecule has 1 spiro atoms. The largest absolute Gasteiger partial charge is 0.449 e. The molecular formula is C24H29F2N3O4. The number of nitrogens with zero attached hydrogens (tertiary/aromatic N) is 1. The molecule has 33 heavy (non-hydrogen) atoms. The lowest BCUT2D eigenvalue weighted by molar-refractivity contribution is -0.134. The predicted molar refractivity (Wildman–Crippen MR) is 116 cm³/mol. The van der Waals surface area contributed by atoms with Crippen molar-refractivity contribution in [2.24, 2.45) is 11.3 Å². The summed E-state index contributed by atoms with van der Waals surface area (Å²) < 4.78 is 35.0. The van der Waals surface area contributed by atoms with Crippen molar-refractivity contribution in [1.82, 2.24) is 10.6 Å². The summed E-state index contributed by atoms with van der Waals surface area (Å²) in [7, 11) is 0. The first-order valence-corrected chi connectivity index (χ1v) is 11.8. The Labute approximate surface area is 191 Å². The Morgan fingerprint density at radius 3 is 2.55 bits per heavy atom. The highest BCUT2D eigenvalue weighted by atomic mass is 19.1. The summed E-state index contributed by atoms with van der Waals surface area (Å²) in [5.74, 6) is -3.28. The Kier molecular flexibility index (Phi) is 5.74. The van der Waals surface area contributed by atoms with Crippen LogP contribution < -0.4 is 15.5 Å². The van der Waals surface area contributed by atoms with Gasteiger partial charge in [0.15, 0.2) is 0 Å². The van der Waals surface area contributed by atoms with Gasteiger partial charge in [0, 0.05) is 30.8 Å².